The maximum absolute atomic E-state index is 11.1. The number of hydrogen-bond acceptors (Lipinski definition) is 5. The van der Waals surface area contributed by atoms with Gasteiger partial charge in [0.05, 0.1) is 33.0 Å². The molecule has 28 heavy (non-hydrogen) atoms. The molecule has 0 bridgehead atoms. The molecule has 0 saturated heterocycles. The molecule has 0 atom stereocenters. The van der Waals surface area contributed by atoms with Gasteiger partial charge in [-0.25, -0.2) is 4.79 Å². The van der Waals surface area contributed by atoms with E-state index < -0.39 is 0 Å². The maximum atomic E-state index is 11.1. The standard InChI is InChI=1S/C23H44O5/c1-4-5-6-7-8-9-10-11-12-13-14-15-25-16-17-26-18-19-27-20-21-28-23(24)22(2)3/h2,4-21H2,1,3H3. The quantitative estimate of drug-likeness (QED) is 0.137. The molecular weight excluding hydrogens is 356 g/mol. The molecule has 0 aliphatic carbocycles. The summed E-state index contributed by atoms with van der Waals surface area (Å²) < 4.78 is 21.2. The van der Waals surface area contributed by atoms with Gasteiger partial charge in [-0.2, -0.15) is 0 Å². The van der Waals surface area contributed by atoms with Crippen LogP contribution in [0.2, 0.25) is 0 Å². The number of ether oxygens (including phenoxy) is 4. The van der Waals surface area contributed by atoms with Gasteiger partial charge in [0.15, 0.2) is 0 Å². The average Bonchev–Trinajstić information content (AvgIpc) is 2.68. The van der Waals surface area contributed by atoms with Crippen LogP contribution in [0.4, 0.5) is 0 Å². The third kappa shape index (κ3) is 21.4. The Bertz CT molecular complexity index is 357. The van der Waals surface area contributed by atoms with Gasteiger partial charge in [-0.3, -0.25) is 0 Å². The maximum Gasteiger partial charge on any atom is 0.333 e. The fourth-order valence-corrected chi connectivity index (χ4v) is 2.73. The summed E-state index contributed by atoms with van der Waals surface area (Å²) >= 11 is 0. The molecule has 0 radical (unpaired) electrons. The predicted molar refractivity (Wildman–Crippen MR) is 115 cm³/mol. The van der Waals surface area contributed by atoms with Crippen molar-refractivity contribution < 1.29 is 23.7 Å². The number of carbonyl (C=O) groups excluding carboxylic acids is 1. The molecule has 0 heterocycles. The third-order valence-corrected chi connectivity index (χ3v) is 4.45. The summed E-state index contributed by atoms with van der Waals surface area (Å²) in [6.45, 7) is 11.1. The van der Waals surface area contributed by atoms with Gasteiger partial charge in [0, 0.05) is 12.2 Å². The molecule has 166 valence electrons. The van der Waals surface area contributed by atoms with E-state index in [2.05, 4.69) is 13.5 Å². The molecule has 0 amide bonds. The summed E-state index contributed by atoms with van der Waals surface area (Å²) in [6, 6.07) is 0. The van der Waals surface area contributed by atoms with Gasteiger partial charge in [-0.05, 0) is 13.3 Å². The Hall–Kier alpha value is -0.910. The van der Waals surface area contributed by atoms with Gasteiger partial charge in [0.1, 0.15) is 6.61 Å². The van der Waals surface area contributed by atoms with Crippen LogP contribution in [0.15, 0.2) is 12.2 Å². The van der Waals surface area contributed by atoms with E-state index in [1.54, 1.807) is 6.92 Å². The van der Waals surface area contributed by atoms with Crippen molar-refractivity contribution in [2.45, 2.75) is 84.5 Å². The summed E-state index contributed by atoms with van der Waals surface area (Å²) in [6.07, 6.45) is 14.9. The van der Waals surface area contributed by atoms with E-state index in [0.717, 1.165) is 13.0 Å². The van der Waals surface area contributed by atoms with Gasteiger partial charge < -0.3 is 18.9 Å². The largest absolute Gasteiger partial charge is 0.460 e. The van der Waals surface area contributed by atoms with Crippen LogP contribution in [0.1, 0.15) is 84.5 Å². The molecule has 0 N–H and O–H groups in total. The van der Waals surface area contributed by atoms with Gasteiger partial charge in [-0.15, -0.1) is 0 Å². The van der Waals surface area contributed by atoms with Crippen LogP contribution in [0.5, 0.6) is 0 Å². The van der Waals surface area contributed by atoms with E-state index in [9.17, 15) is 4.79 Å². The Morgan fingerprint density at radius 3 is 1.46 bits per heavy atom. The minimum Gasteiger partial charge on any atom is -0.460 e. The highest BCUT2D eigenvalue weighted by Gasteiger charge is 2.01. The van der Waals surface area contributed by atoms with E-state index in [-0.39, 0.29) is 12.6 Å². The Morgan fingerprint density at radius 2 is 1.00 bits per heavy atom. The lowest BCUT2D eigenvalue weighted by Gasteiger charge is -2.07. The van der Waals surface area contributed by atoms with Gasteiger partial charge in [0.25, 0.3) is 0 Å². The molecule has 0 aliphatic rings. The monoisotopic (exact) mass is 400 g/mol. The summed E-state index contributed by atoms with van der Waals surface area (Å²) in [4.78, 5) is 11.1. The lowest BCUT2D eigenvalue weighted by atomic mass is 10.1. The smallest absolute Gasteiger partial charge is 0.333 e. The van der Waals surface area contributed by atoms with Crippen LogP contribution in [0.25, 0.3) is 0 Å². The topological polar surface area (TPSA) is 54.0 Å². The van der Waals surface area contributed by atoms with E-state index in [1.165, 1.54) is 64.2 Å². The Balaban J connectivity index is 3.05. The van der Waals surface area contributed by atoms with Gasteiger partial charge in [0.2, 0.25) is 0 Å². The Labute approximate surface area is 173 Å². The van der Waals surface area contributed by atoms with Gasteiger partial charge in [-0.1, -0.05) is 77.7 Å². The van der Waals surface area contributed by atoms with Crippen molar-refractivity contribution in [1.29, 1.82) is 0 Å². The molecule has 0 saturated carbocycles. The van der Waals surface area contributed by atoms with Crippen molar-refractivity contribution in [1.82, 2.24) is 0 Å². The zero-order valence-electron chi connectivity index (χ0n) is 18.5. The minimum absolute atomic E-state index is 0.244. The molecule has 5 nitrogen and oxygen atoms in total. The van der Waals surface area contributed by atoms with Crippen LogP contribution in [-0.4, -0.2) is 52.2 Å². The van der Waals surface area contributed by atoms with Crippen LogP contribution in [-0.2, 0) is 23.7 Å². The summed E-state index contributed by atoms with van der Waals surface area (Å²) in [5.74, 6) is -0.380. The highest BCUT2D eigenvalue weighted by Crippen LogP contribution is 2.11. The van der Waals surface area contributed by atoms with E-state index in [4.69, 9.17) is 18.9 Å². The Kier molecular flexibility index (Phi) is 21.7. The zero-order chi connectivity index (χ0) is 20.7. The highest BCUT2D eigenvalue weighted by atomic mass is 16.6. The number of unbranched alkanes of at least 4 members (excludes halogenated alkanes) is 10. The second-order valence-corrected chi connectivity index (χ2v) is 7.29. The third-order valence-electron chi connectivity index (χ3n) is 4.45. The normalized spacial score (nSPS) is 10.9. The molecule has 0 rings (SSSR count). The first-order valence-corrected chi connectivity index (χ1v) is 11.2. The van der Waals surface area contributed by atoms with Crippen molar-refractivity contribution in [3.05, 3.63) is 12.2 Å². The lowest BCUT2D eigenvalue weighted by molar-refractivity contribution is -0.140. The van der Waals surface area contributed by atoms with Crippen molar-refractivity contribution in [3.63, 3.8) is 0 Å². The molecular formula is C23H44O5. The summed E-state index contributed by atoms with van der Waals surface area (Å²) in [7, 11) is 0. The first-order chi connectivity index (χ1) is 13.7. The van der Waals surface area contributed by atoms with Crippen LogP contribution < -0.4 is 0 Å². The number of rotatable bonds is 22. The highest BCUT2D eigenvalue weighted by molar-refractivity contribution is 5.86. The van der Waals surface area contributed by atoms with Crippen molar-refractivity contribution in [3.8, 4) is 0 Å². The molecule has 0 aromatic rings. The summed E-state index contributed by atoms with van der Waals surface area (Å²) in [5, 5.41) is 0. The molecule has 0 aromatic heterocycles. The van der Waals surface area contributed by atoms with Gasteiger partial charge >= 0.3 is 5.97 Å². The Morgan fingerprint density at radius 1 is 0.607 bits per heavy atom. The number of carbonyl (C=O) groups is 1. The predicted octanol–water partition coefficient (Wildman–Crippen LogP) is 5.47. The first kappa shape index (κ1) is 27.1. The number of esters is 1. The van der Waals surface area contributed by atoms with Crippen LogP contribution >= 0.6 is 0 Å². The molecule has 5 heteroatoms. The van der Waals surface area contributed by atoms with E-state index in [0.29, 0.717) is 38.6 Å². The van der Waals surface area contributed by atoms with Crippen LogP contribution in [0.3, 0.4) is 0 Å². The summed E-state index contributed by atoms with van der Waals surface area (Å²) in [5.41, 5.74) is 0.400. The van der Waals surface area contributed by atoms with Crippen molar-refractivity contribution >= 4 is 5.97 Å². The SMILES string of the molecule is C=C(C)C(=O)OCCOCCOCCOCCCCCCCCCCCCC. The first-order valence-electron chi connectivity index (χ1n) is 11.2. The van der Waals surface area contributed by atoms with E-state index in [1.807, 2.05) is 0 Å². The molecule has 0 aliphatic heterocycles. The molecule has 0 unspecified atom stereocenters. The van der Waals surface area contributed by atoms with Crippen LogP contribution in [0, 0.1) is 0 Å². The van der Waals surface area contributed by atoms with E-state index >= 15 is 0 Å². The fraction of sp³-hybridized carbons (Fsp3) is 0.870. The van der Waals surface area contributed by atoms with Crippen molar-refractivity contribution in [2.24, 2.45) is 0 Å². The number of hydrogen-bond donors (Lipinski definition) is 0. The second kappa shape index (κ2) is 22.4. The molecule has 0 fully saturated rings. The minimum atomic E-state index is -0.380. The second-order valence-electron chi connectivity index (χ2n) is 7.29. The average molecular weight is 401 g/mol. The van der Waals surface area contributed by atoms with Crippen molar-refractivity contribution in [2.75, 3.05) is 46.2 Å². The fourth-order valence-electron chi connectivity index (χ4n) is 2.73. The lowest BCUT2D eigenvalue weighted by Crippen LogP contribution is -2.14. The zero-order valence-corrected chi connectivity index (χ0v) is 18.5. The molecule has 0 aromatic carbocycles. The molecule has 0 spiro atoms.